The molecule has 0 radical (unpaired) electrons. The van der Waals surface area contributed by atoms with Crippen LogP contribution in [0.1, 0.15) is 33.1 Å². The van der Waals surface area contributed by atoms with E-state index in [2.05, 4.69) is 25.2 Å². The van der Waals surface area contributed by atoms with E-state index in [0.717, 1.165) is 11.4 Å². The van der Waals surface area contributed by atoms with Crippen LogP contribution in [-0.2, 0) is 0 Å². The largest absolute Gasteiger partial charge is 0.497 e. The van der Waals surface area contributed by atoms with Crippen LogP contribution in [0.2, 0.25) is 0 Å². The van der Waals surface area contributed by atoms with Gasteiger partial charge in [-0.05, 0) is 25.5 Å². The molecule has 1 atom stereocenters. The van der Waals surface area contributed by atoms with Crippen molar-refractivity contribution in [1.29, 1.82) is 0 Å². The van der Waals surface area contributed by atoms with Gasteiger partial charge in [-0.25, -0.2) is 0 Å². The standard InChI is InChI=1S/C13H21NO/c1-4-5-7-11(2)14-12-8-6-9-13(10-12)15-3/h6,8-11,14H,4-5,7H2,1-3H3/t11-/m0/s1. The van der Waals surface area contributed by atoms with Crippen molar-refractivity contribution < 1.29 is 4.74 Å². The molecule has 1 aromatic carbocycles. The topological polar surface area (TPSA) is 21.3 Å². The van der Waals surface area contributed by atoms with E-state index >= 15 is 0 Å². The fourth-order valence-electron chi connectivity index (χ4n) is 1.58. The van der Waals surface area contributed by atoms with Crippen LogP contribution in [0, 0.1) is 0 Å². The van der Waals surface area contributed by atoms with Gasteiger partial charge in [0.15, 0.2) is 0 Å². The number of anilines is 1. The number of nitrogens with one attached hydrogen (secondary N) is 1. The third kappa shape index (κ3) is 4.24. The van der Waals surface area contributed by atoms with E-state index < -0.39 is 0 Å². The third-order valence-electron chi connectivity index (χ3n) is 2.47. The first kappa shape index (κ1) is 11.9. The molecule has 1 aromatic rings. The number of methoxy groups -OCH3 is 1. The first-order chi connectivity index (χ1) is 7.26. The van der Waals surface area contributed by atoms with Gasteiger partial charge in [0.05, 0.1) is 7.11 Å². The molecule has 15 heavy (non-hydrogen) atoms. The van der Waals surface area contributed by atoms with E-state index in [-0.39, 0.29) is 0 Å². The lowest BCUT2D eigenvalue weighted by atomic mass is 10.1. The molecular weight excluding hydrogens is 186 g/mol. The minimum absolute atomic E-state index is 0.525. The fraction of sp³-hybridized carbons (Fsp3) is 0.538. The number of hydrogen-bond acceptors (Lipinski definition) is 2. The predicted molar refractivity (Wildman–Crippen MR) is 65.6 cm³/mol. The summed E-state index contributed by atoms with van der Waals surface area (Å²) in [6.07, 6.45) is 3.75. The summed E-state index contributed by atoms with van der Waals surface area (Å²) in [4.78, 5) is 0. The van der Waals surface area contributed by atoms with Crippen molar-refractivity contribution in [1.82, 2.24) is 0 Å². The average molecular weight is 207 g/mol. The van der Waals surface area contributed by atoms with Gasteiger partial charge in [0, 0.05) is 17.8 Å². The van der Waals surface area contributed by atoms with Crippen molar-refractivity contribution in [3.8, 4) is 5.75 Å². The Morgan fingerprint density at radius 2 is 2.20 bits per heavy atom. The molecule has 0 amide bonds. The van der Waals surface area contributed by atoms with Gasteiger partial charge in [-0.2, -0.15) is 0 Å². The minimum Gasteiger partial charge on any atom is -0.497 e. The van der Waals surface area contributed by atoms with Gasteiger partial charge in [0.25, 0.3) is 0 Å². The molecule has 2 nitrogen and oxygen atoms in total. The summed E-state index contributed by atoms with van der Waals surface area (Å²) in [6, 6.07) is 8.60. The molecule has 1 N–H and O–H groups in total. The van der Waals surface area contributed by atoms with Gasteiger partial charge in [-0.1, -0.05) is 25.8 Å². The maximum atomic E-state index is 5.18. The summed E-state index contributed by atoms with van der Waals surface area (Å²) in [5, 5.41) is 3.47. The normalized spacial score (nSPS) is 12.2. The maximum absolute atomic E-state index is 5.18. The van der Waals surface area contributed by atoms with Crippen molar-refractivity contribution in [2.45, 2.75) is 39.2 Å². The summed E-state index contributed by atoms with van der Waals surface area (Å²) in [6.45, 7) is 4.44. The molecule has 0 saturated heterocycles. The van der Waals surface area contributed by atoms with E-state index in [1.807, 2.05) is 18.2 Å². The highest BCUT2D eigenvalue weighted by atomic mass is 16.5. The fourth-order valence-corrected chi connectivity index (χ4v) is 1.58. The molecule has 84 valence electrons. The maximum Gasteiger partial charge on any atom is 0.120 e. The Bertz CT molecular complexity index is 286. The number of rotatable bonds is 6. The van der Waals surface area contributed by atoms with Crippen LogP contribution >= 0.6 is 0 Å². The van der Waals surface area contributed by atoms with Crippen LogP contribution < -0.4 is 10.1 Å². The first-order valence-corrected chi connectivity index (χ1v) is 5.67. The first-order valence-electron chi connectivity index (χ1n) is 5.67. The Kier molecular flexibility index (Phi) is 5.02. The summed E-state index contributed by atoms with van der Waals surface area (Å²) >= 11 is 0. The number of unbranched alkanes of at least 4 members (excludes halogenated alkanes) is 1. The quantitative estimate of drug-likeness (QED) is 0.768. The molecule has 0 fully saturated rings. The summed E-state index contributed by atoms with van der Waals surface area (Å²) < 4.78 is 5.18. The molecule has 0 unspecified atom stereocenters. The monoisotopic (exact) mass is 207 g/mol. The van der Waals surface area contributed by atoms with Crippen molar-refractivity contribution >= 4 is 5.69 Å². The minimum atomic E-state index is 0.525. The Balaban J connectivity index is 2.48. The van der Waals surface area contributed by atoms with Gasteiger partial charge >= 0.3 is 0 Å². The van der Waals surface area contributed by atoms with Crippen molar-refractivity contribution in [2.75, 3.05) is 12.4 Å². The second-order valence-electron chi connectivity index (χ2n) is 3.92. The molecule has 0 bridgehead atoms. The van der Waals surface area contributed by atoms with Crippen molar-refractivity contribution in [3.05, 3.63) is 24.3 Å². The highest BCUT2D eigenvalue weighted by molar-refractivity contribution is 5.48. The summed E-state index contributed by atoms with van der Waals surface area (Å²) in [5.74, 6) is 0.905. The van der Waals surface area contributed by atoms with Crippen LogP contribution in [0.15, 0.2) is 24.3 Å². The predicted octanol–water partition coefficient (Wildman–Crippen LogP) is 3.69. The number of benzene rings is 1. The zero-order valence-corrected chi connectivity index (χ0v) is 9.92. The Morgan fingerprint density at radius 3 is 2.87 bits per heavy atom. The SMILES string of the molecule is CCCC[C@H](C)Nc1cccc(OC)c1. The lowest BCUT2D eigenvalue weighted by Gasteiger charge is -2.15. The van der Waals surface area contributed by atoms with E-state index in [1.165, 1.54) is 19.3 Å². The van der Waals surface area contributed by atoms with Crippen LogP contribution in [0.5, 0.6) is 5.75 Å². The van der Waals surface area contributed by atoms with Crippen LogP contribution in [0.4, 0.5) is 5.69 Å². The van der Waals surface area contributed by atoms with Crippen molar-refractivity contribution in [3.63, 3.8) is 0 Å². The van der Waals surface area contributed by atoms with E-state index in [0.29, 0.717) is 6.04 Å². The number of hydrogen-bond donors (Lipinski definition) is 1. The Hall–Kier alpha value is -1.18. The van der Waals surface area contributed by atoms with Crippen molar-refractivity contribution in [2.24, 2.45) is 0 Å². The highest BCUT2D eigenvalue weighted by Gasteiger charge is 2.01. The number of ether oxygens (including phenoxy) is 1. The molecule has 0 aliphatic carbocycles. The lowest BCUT2D eigenvalue weighted by Crippen LogP contribution is -2.14. The molecule has 1 rings (SSSR count). The second kappa shape index (κ2) is 6.33. The molecule has 0 heterocycles. The average Bonchev–Trinajstić information content (AvgIpc) is 2.26. The molecule has 0 aliphatic rings. The lowest BCUT2D eigenvalue weighted by molar-refractivity contribution is 0.415. The zero-order valence-electron chi connectivity index (χ0n) is 9.92. The van der Waals surface area contributed by atoms with Gasteiger partial charge < -0.3 is 10.1 Å². The molecule has 0 saturated carbocycles. The van der Waals surface area contributed by atoms with E-state index in [4.69, 9.17) is 4.74 Å². The van der Waals surface area contributed by atoms with Gasteiger partial charge in [0.2, 0.25) is 0 Å². The molecule has 0 aromatic heterocycles. The summed E-state index contributed by atoms with van der Waals surface area (Å²) in [5.41, 5.74) is 1.14. The second-order valence-corrected chi connectivity index (χ2v) is 3.92. The Labute approximate surface area is 92.6 Å². The Morgan fingerprint density at radius 1 is 1.40 bits per heavy atom. The zero-order chi connectivity index (χ0) is 11.1. The highest BCUT2D eigenvalue weighted by Crippen LogP contribution is 2.18. The van der Waals surface area contributed by atoms with Crippen LogP contribution in [-0.4, -0.2) is 13.2 Å². The van der Waals surface area contributed by atoms with Gasteiger partial charge in [-0.3, -0.25) is 0 Å². The molecular formula is C13H21NO. The third-order valence-corrected chi connectivity index (χ3v) is 2.47. The van der Waals surface area contributed by atoms with E-state index in [9.17, 15) is 0 Å². The summed E-state index contributed by atoms with van der Waals surface area (Å²) in [7, 11) is 1.69. The molecule has 2 heteroatoms. The van der Waals surface area contributed by atoms with Crippen LogP contribution in [0.3, 0.4) is 0 Å². The smallest absolute Gasteiger partial charge is 0.120 e. The van der Waals surface area contributed by atoms with Crippen LogP contribution in [0.25, 0.3) is 0 Å². The van der Waals surface area contributed by atoms with Gasteiger partial charge in [0.1, 0.15) is 5.75 Å². The molecule has 0 spiro atoms. The molecule has 0 aliphatic heterocycles. The van der Waals surface area contributed by atoms with Gasteiger partial charge in [-0.15, -0.1) is 0 Å². The van der Waals surface area contributed by atoms with E-state index in [1.54, 1.807) is 7.11 Å².